The summed E-state index contributed by atoms with van der Waals surface area (Å²) in [6, 6.07) is 92.1. The second kappa shape index (κ2) is 15.1. The van der Waals surface area contributed by atoms with Crippen LogP contribution in [-0.4, -0.2) is 0 Å². The quantitative estimate of drug-likeness (QED) is 0.145. The predicted octanol–water partition coefficient (Wildman–Crippen LogP) is 17.5. The zero-order valence-corrected chi connectivity index (χ0v) is 36.3. The van der Waals surface area contributed by atoms with Gasteiger partial charge in [0.1, 0.15) is 0 Å². The fourth-order valence-corrected chi connectivity index (χ4v) is 12.1. The number of fused-ring (bicyclic) bond motifs is 9. The van der Waals surface area contributed by atoms with Gasteiger partial charge in [0.15, 0.2) is 0 Å². The molecule has 0 aliphatic heterocycles. The summed E-state index contributed by atoms with van der Waals surface area (Å²) < 4.78 is 2.64. The Morgan fingerprint density at radius 1 is 0.338 bits per heavy atom. The minimum atomic E-state index is -0.506. The van der Waals surface area contributed by atoms with E-state index in [1.54, 1.807) is 0 Å². The molecular formula is C63H41NS. The summed E-state index contributed by atoms with van der Waals surface area (Å²) in [4.78, 5) is 2.47. The first kappa shape index (κ1) is 37.5. The molecule has 11 aromatic carbocycles. The van der Waals surface area contributed by atoms with Crippen LogP contribution in [0.25, 0.3) is 75.1 Å². The lowest BCUT2D eigenvalue weighted by Crippen LogP contribution is -2.28. The van der Waals surface area contributed by atoms with E-state index in [0.29, 0.717) is 0 Å². The normalized spacial score (nSPS) is 12.7. The molecule has 1 nitrogen and oxygen atoms in total. The van der Waals surface area contributed by atoms with Crippen LogP contribution >= 0.6 is 11.3 Å². The van der Waals surface area contributed by atoms with Gasteiger partial charge in [-0.1, -0.05) is 206 Å². The molecule has 0 saturated heterocycles. The third kappa shape index (κ3) is 5.85. The minimum absolute atomic E-state index is 0.506. The Labute approximate surface area is 382 Å². The Morgan fingerprint density at radius 2 is 0.892 bits per heavy atom. The van der Waals surface area contributed by atoms with E-state index in [-0.39, 0.29) is 0 Å². The fourth-order valence-electron chi connectivity index (χ4n) is 10.8. The van der Waals surface area contributed by atoms with Crippen LogP contribution < -0.4 is 4.90 Å². The van der Waals surface area contributed by atoms with Crippen LogP contribution in [-0.2, 0) is 5.41 Å². The molecule has 0 fully saturated rings. The number of nitrogens with zero attached hydrogens (tertiary/aromatic N) is 1. The molecular weight excluding hydrogens is 803 g/mol. The Hall–Kier alpha value is -8.04. The van der Waals surface area contributed by atoms with Crippen molar-refractivity contribution >= 4 is 70.1 Å². The molecule has 1 aliphatic rings. The highest BCUT2D eigenvalue weighted by Gasteiger charge is 2.47. The number of benzene rings is 11. The molecule has 0 unspecified atom stereocenters. The lowest BCUT2D eigenvalue weighted by molar-refractivity contribution is 0.768. The SMILES string of the molecule is c1ccc(C2(c3ccccc3)c3ccccc3-c3c(N(c4ccc(-c5ccc6c(ccc7ccccc76)c5)cc4)c4ccc(-c5cccc6c5sc5ccccc56)cc4)cccc32)cc1. The van der Waals surface area contributed by atoms with Gasteiger partial charge >= 0.3 is 0 Å². The number of hydrogen-bond acceptors (Lipinski definition) is 2. The van der Waals surface area contributed by atoms with Gasteiger partial charge < -0.3 is 4.90 Å². The van der Waals surface area contributed by atoms with Crippen molar-refractivity contribution in [3.8, 4) is 33.4 Å². The van der Waals surface area contributed by atoms with Crippen LogP contribution in [0, 0.1) is 0 Å². The topological polar surface area (TPSA) is 3.24 Å². The van der Waals surface area contributed by atoms with Gasteiger partial charge in [0.05, 0.1) is 11.1 Å². The molecule has 0 amide bonds. The lowest BCUT2D eigenvalue weighted by atomic mass is 9.68. The zero-order valence-electron chi connectivity index (χ0n) is 35.5. The molecule has 13 rings (SSSR count). The molecule has 1 aliphatic carbocycles. The highest BCUT2D eigenvalue weighted by molar-refractivity contribution is 7.26. The van der Waals surface area contributed by atoms with Crippen LogP contribution in [0.3, 0.4) is 0 Å². The van der Waals surface area contributed by atoms with E-state index >= 15 is 0 Å². The largest absolute Gasteiger partial charge is 0.310 e. The molecule has 1 aromatic heterocycles. The standard InChI is InChI=1S/C63H41NS/c1-3-16-47(17-4-1)63(48-18-5-2-6-19-48)57-25-11-9-22-56(57)61-58(63)26-14-27-59(61)64(50-38-33-44(34-39-50)53-23-13-24-55-54-21-10-12-28-60(54)65-62(53)55)49-36-31-42(32-37-49)45-35-40-52-46(41-45)30-29-43-15-7-8-20-51(43)52/h1-41H. The molecule has 0 radical (unpaired) electrons. The molecule has 0 saturated carbocycles. The first-order valence-corrected chi connectivity index (χ1v) is 23.2. The second-order valence-electron chi connectivity index (χ2n) is 17.2. The molecule has 0 N–H and O–H groups in total. The van der Waals surface area contributed by atoms with Crippen molar-refractivity contribution in [2.45, 2.75) is 5.41 Å². The van der Waals surface area contributed by atoms with Gasteiger partial charge in [-0.2, -0.15) is 0 Å². The van der Waals surface area contributed by atoms with E-state index in [1.807, 2.05) is 11.3 Å². The number of rotatable bonds is 7. The maximum Gasteiger partial charge on any atom is 0.0714 e. The zero-order chi connectivity index (χ0) is 42.9. The van der Waals surface area contributed by atoms with E-state index in [1.165, 1.54) is 97.4 Å². The molecule has 1 heterocycles. The van der Waals surface area contributed by atoms with Crippen molar-refractivity contribution in [1.29, 1.82) is 0 Å². The monoisotopic (exact) mass is 843 g/mol. The van der Waals surface area contributed by atoms with E-state index in [4.69, 9.17) is 0 Å². The smallest absolute Gasteiger partial charge is 0.0714 e. The summed E-state index contributed by atoms with van der Waals surface area (Å²) in [5.41, 5.74) is 15.3. The van der Waals surface area contributed by atoms with Gasteiger partial charge in [-0.3, -0.25) is 0 Å². The third-order valence-corrected chi connectivity index (χ3v) is 15.0. The van der Waals surface area contributed by atoms with Crippen molar-refractivity contribution in [3.05, 3.63) is 271 Å². The summed E-state index contributed by atoms with van der Waals surface area (Å²) in [7, 11) is 0. The summed E-state index contributed by atoms with van der Waals surface area (Å²) >= 11 is 1.88. The van der Waals surface area contributed by atoms with E-state index in [2.05, 4.69) is 254 Å². The minimum Gasteiger partial charge on any atom is -0.310 e. The maximum atomic E-state index is 2.47. The van der Waals surface area contributed by atoms with E-state index in [0.717, 1.165) is 17.1 Å². The van der Waals surface area contributed by atoms with Gasteiger partial charge in [0.25, 0.3) is 0 Å². The highest BCUT2D eigenvalue weighted by atomic mass is 32.1. The molecule has 2 heteroatoms. The first-order valence-electron chi connectivity index (χ1n) is 22.4. The average Bonchev–Trinajstić information content (AvgIpc) is 3.92. The van der Waals surface area contributed by atoms with Crippen LogP contribution in [0.2, 0.25) is 0 Å². The molecule has 0 atom stereocenters. The molecule has 65 heavy (non-hydrogen) atoms. The summed E-state index contributed by atoms with van der Waals surface area (Å²) in [6.45, 7) is 0. The highest BCUT2D eigenvalue weighted by Crippen LogP contribution is 2.59. The molecule has 304 valence electrons. The average molecular weight is 844 g/mol. The predicted molar refractivity (Wildman–Crippen MR) is 277 cm³/mol. The molecule has 0 spiro atoms. The summed E-state index contributed by atoms with van der Waals surface area (Å²) in [6.07, 6.45) is 0. The van der Waals surface area contributed by atoms with Gasteiger partial charge in [-0.15, -0.1) is 11.3 Å². The van der Waals surface area contributed by atoms with Crippen molar-refractivity contribution < 1.29 is 0 Å². The Bertz CT molecular complexity index is 3710. The number of anilines is 3. The van der Waals surface area contributed by atoms with Gasteiger partial charge in [-0.05, 0) is 114 Å². The molecule has 12 aromatic rings. The Balaban J connectivity index is 0.997. The Kier molecular flexibility index (Phi) is 8.69. The van der Waals surface area contributed by atoms with Crippen molar-refractivity contribution in [2.24, 2.45) is 0 Å². The van der Waals surface area contributed by atoms with E-state index in [9.17, 15) is 0 Å². The fraction of sp³-hybridized carbons (Fsp3) is 0.0159. The van der Waals surface area contributed by atoms with E-state index < -0.39 is 5.41 Å². The first-order chi connectivity index (χ1) is 32.2. The van der Waals surface area contributed by atoms with Crippen molar-refractivity contribution in [3.63, 3.8) is 0 Å². The van der Waals surface area contributed by atoms with Crippen molar-refractivity contribution in [1.82, 2.24) is 0 Å². The lowest BCUT2D eigenvalue weighted by Gasteiger charge is -2.34. The van der Waals surface area contributed by atoms with Crippen LogP contribution in [0.5, 0.6) is 0 Å². The van der Waals surface area contributed by atoms with Gasteiger partial charge in [0.2, 0.25) is 0 Å². The van der Waals surface area contributed by atoms with Gasteiger partial charge in [0, 0.05) is 37.1 Å². The summed E-state index contributed by atoms with van der Waals surface area (Å²) in [5, 5.41) is 7.71. The van der Waals surface area contributed by atoms with Crippen LogP contribution in [0.15, 0.2) is 249 Å². The van der Waals surface area contributed by atoms with Crippen LogP contribution in [0.1, 0.15) is 22.3 Å². The maximum absolute atomic E-state index is 2.47. The third-order valence-electron chi connectivity index (χ3n) is 13.7. The Morgan fingerprint density at radius 3 is 1.66 bits per heavy atom. The van der Waals surface area contributed by atoms with Gasteiger partial charge in [-0.25, -0.2) is 0 Å². The number of thiophene rings is 1. The molecule has 0 bridgehead atoms. The summed E-state index contributed by atoms with van der Waals surface area (Å²) in [5.74, 6) is 0. The number of hydrogen-bond donors (Lipinski definition) is 0. The van der Waals surface area contributed by atoms with Crippen LogP contribution in [0.4, 0.5) is 17.1 Å². The van der Waals surface area contributed by atoms with Crippen molar-refractivity contribution in [2.75, 3.05) is 4.90 Å². The second-order valence-corrected chi connectivity index (χ2v) is 18.2.